The predicted octanol–water partition coefficient (Wildman–Crippen LogP) is 4.46. The molecule has 0 bridgehead atoms. The van der Waals surface area contributed by atoms with Crippen molar-refractivity contribution >= 4 is 11.8 Å². The molecule has 1 unspecified atom stereocenters. The van der Waals surface area contributed by atoms with Crippen LogP contribution in [0.3, 0.4) is 0 Å². The fourth-order valence-electron chi connectivity index (χ4n) is 2.77. The van der Waals surface area contributed by atoms with Crippen molar-refractivity contribution < 1.29 is 9.47 Å². The molecule has 1 aromatic heterocycles. The van der Waals surface area contributed by atoms with Crippen molar-refractivity contribution in [2.24, 2.45) is 0 Å². The first-order valence-electron chi connectivity index (χ1n) is 9.32. The van der Waals surface area contributed by atoms with Crippen LogP contribution in [0.4, 0.5) is 11.8 Å². The van der Waals surface area contributed by atoms with Crippen LogP contribution in [0.25, 0.3) is 0 Å². The van der Waals surface area contributed by atoms with Crippen LogP contribution in [0.2, 0.25) is 0 Å². The fraction of sp³-hybridized carbons (Fsp3) is 0.273. The number of nitrogens with one attached hydrogen (secondary N) is 2. The second kappa shape index (κ2) is 9.60. The Balaban J connectivity index is 1.52. The van der Waals surface area contributed by atoms with Gasteiger partial charge in [-0.15, -0.1) is 0 Å². The number of benzene rings is 2. The van der Waals surface area contributed by atoms with Crippen LogP contribution in [-0.2, 0) is 0 Å². The molecule has 6 heteroatoms. The fourth-order valence-corrected chi connectivity index (χ4v) is 2.77. The molecule has 146 valence electrons. The van der Waals surface area contributed by atoms with Gasteiger partial charge in [0.2, 0.25) is 5.95 Å². The van der Waals surface area contributed by atoms with Gasteiger partial charge in [0.25, 0.3) is 0 Å². The number of ether oxygens (including phenoxy) is 2. The maximum Gasteiger partial charge on any atom is 0.224 e. The van der Waals surface area contributed by atoms with Gasteiger partial charge in [0.1, 0.15) is 23.9 Å². The Morgan fingerprint density at radius 3 is 2.39 bits per heavy atom. The molecule has 0 spiro atoms. The van der Waals surface area contributed by atoms with Gasteiger partial charge in [-0.05, 0) is 43.7 Å². The summed E-state index contributed by atoms with van der Waals surface area (Å²) in [6.07, 6.45) is 0. The number of nitrogens with zero attached hydrogens (tertiary/aromatic N) is 2. The van der Waals surface area contributed by atoms with E-state index in [-0.39, 0.29) is 6.04 Å². The molecule has 6 nitrogen and oxygen atoms in total. The van der Waals surface area contributed by atoms with Crippen molar-refractivity contribution in [2.75, 3.05) is 30.9 Å². The molecule has 28 heavy (non-hydrogen) atoms. The van der Waals surface area contributed by atoms with Gasteiger partial charge in [0.05, 0.1) is 13.7 Å². The van der Waals surface area contributed by atoms with Gasteiger partial charge in [0, 0.05) is 17.8 Å². The maximum atomic E-state index is 5.72. The second-order valence-corrected chi connectivity index (χ2v) is 6.45. The topological polar surface area (TPSA) is 68.3 Å². The molecule has 1 heterocycles. The Labute approximate surface area is 166 Å². The molecule has 0 aliphatic rings. The lowest BCUT2D eigenvalue weighted by Crippen LogP contribution is -2.15. The van der Waals surface area contributed by atoms with E-state index in [0.29, 0.717) is 19.1 Å². The Morgan fingerprint density at radius 1 is 0.964 bits per heavy atom. The highest BCUT2D eigenvalue weighted by Gasteiger charge is 2.08. The molecule has 0 saturated heterocycles. The second-order valence-electron chi connectivity index (χ2n) is 6.45. The number of aromatic nitrogens is 2. The highest BCUT2D eigenvalue weighted by Crippen LogP contribution is 2.19. The maximum absolute atomic E-state index is 5.72. The van der Waals surface area contributed by atoms with E-state index >= 15 is 0 Å². The van der Waals surface area contributed by atoms with E-state index in [0.717, 1.165) is 23.0 Å². The Kier molecular flexibility index (Phi) is 6.68. The lowest BCUT2D eigenvalue weighted by atomic mass is 10.1. The van der Waals surface area contributed by atoms with Crippen molar-refractivity contribution in [3.05, 3.63) is 71.9 Å². The highest BCUT2D eigenvalue weighted by atomic mass is 16.5. The van der Waals surface area contributed by atoms with Crippen molar-refractivity contribution in [1.82, 2.24) is 9.97 Å². The summed E-state index contributed by atoms with van der Waals surface area (Å²) in [5, 5.41) is 6.65. The van der Waals surface area contributed by atoms with Gasteiger partial charge in [-0.1, -0.05) is 30.3 Å². The first-order chi connectivity index (χ1) is 13.6. The average Bonchev–Trinajstić information content (AvgIpc) is 2.72. The lowest BCUT2D eigenvalue weighted by molar-refractivity contribution is 0.331. The third-order valence-corrected chi connectivity index (χ3v) is 4.23. The Bertz CT molecular complexity index is 869. The van der Waals surface area contributed by atoms with E-state index in [4.69, 9.17) is 9.47 Å². The molecule has 3 aromatic rings. The normalized spacial score (nSPS) is 11.5. The summed E-state index contributed by atoms with van der Waals surface area (Å²) in [7, 11) is 1.64. The quantitative estimate of drug-likeness (QED) is 0.536. The molecule has 0 aliphatic carbocycles. The third kappa shape index (κ3) is 5.61. The molecule has 0 aliphatic heterocycles. The molecule has 0 radical (unpaired) electrons. The minimum absolute atomic E-state index is 0.154. The van der Waals surface area contributed by atoms with Crippen LogP contribution in [0.5, 0.6) is 11.5 Å². The van der Waals surface area contributed by atoms with Crippen LogP contribution in [0.15, 0.2) is 60.7 Å². The van der Waals surface area contributed by atoms with E-state index in [1.54, 1.807) is 7.11 Å². The van der Waals surface area contributed by atoms with E-state index in [1.165, 1.54) is 5.56 Å². The Hall–Kier alpha value is -3.28. The van der Waals surface area contributed by atoms with E-state index < -0.39 is 0 Å². The molecule has 3 rings (SSSR count). The number of hydrogen-bond acceptors (Lipinski definition) is 6. The van der Waals surface area contributed by atoms with Crippen LogP contribution < -0.4 is 20.1 Å². The van der Waals surface area contributed by atoms with E-state index in [1.807, 2.05) is 55.5 Å². The minimum Gasteiger partial charge on any atom is -0.497 e. The summed E-state index contributed by atoms with van der Waals surface area (Å²) < 4.78 is 10.9. The molecule has 0 amide bonds. The number of hydrogen-bond donors (Lipinski definition) is 2. The molecule has 1 atom stereocenters. The highest BCUT2D eigenvalue weighted by molar-refractivity contribution is 5.44. The number of anilines is 2. The summed E-state index contributed by atoms with van der Waals surface area (Å²) in [5.74, 6) is 2.98. The molecular formula is C22H26N4O2. The van der Waals surface area contributed by atoms with Gasteiger partial charge in [-0.25, -0.2) is 4.98 Å². The van der Waals surface area contributed by atoms with E-state index in [9.17, 15) is 0 Å². The molecule has 2 N–H and O–H groups in total. The van der Waals surface area contributed by atoms with Gasteiger partial charge in [-0.3, -0.25) is 0 Å². The number of rotatable bonds is 9. The SMILES string of the molecule is COc1ccc(OCCNc2nc(C)cc(NC(C)c3ccccc3)n2)cc1. The summed E-state index contributed by atoms with van der Waals surface area (Å²) in [4.78, 5) is 9.01. The smallest absolute Gasteiger partial charge is 0.224 e. The van der Waals surface area contributed by atoms with Gasteiger partial charge < -0.3 is 20.1 Å². The zero-order chi connectivity index (χ0) is 19.8. The largest absolute Gasteiger partial charge is 0.497 e. The van der Waals surface area contributed by atoms with Crippen molar-refractivity contribution in [3.8, 4) is 11.5 Å². The first kappa shape index (κ1) is 19.5. The first-order valence-corrected chi connectivity index (χ1v) is 9.32. The number of aryl methyl sites for hydroxylation is 1. The van der Waals surface area contributed by atoms with Crippen LogP contribution in [-0.4, -0.2) is 30.2 Å². The molecule has 0 saturated carbocycles. The van der Waals surface area contributed by atoms with Crippen molar-refractivity contribution in [2.45, 2.75) is 19.9 Å². The van der Waals surface area contributed by atoms with E-state index in [2.05, 4.69) is 39.7 Å². The van der Waals surface area contributed by atoms with Crippen LogP contribution >= 0.6 is 0 Å². The number of methoxy groups -OCH3 is 1. The van der Waals surface area contributed by atoms with Gasteiger partial charge in [0.15, 0.2) is 0 Å². The molecule has 0 fully saturated rings. The van der Waals surface area contributed by atoms with Gasteiger partial charge in [-0.2, -0.15) is 4.98 Å². The van der Waals surface area contributed by atoms with Crippen molar-refractivity contribution in [1.29, 1.82) is 0 Å². The van der Waals surface area contributed by atoms with Crippen LogP contribution in [0, 0.1) is 6.92 Å². The third-order valence-electron chi connectivity index (χ3n) is 4.23. The monoisotopic (exact) mass is 378 g/mol. The van der Waals surface area contributed by atoms with Crippen LogP contribution in [0.1, 0.15) is 24.2 Å². The lowest BCUT2D eigenvalue weighted by Gasteiger charge is -2.16. The molecule has 2 aromatic carbocycles. The summed E-state index contributed by atoms with van der Waals surface area (Å²) in [5.41, 5.74) is 2.11. The summed E-state index contributed by atoms with van der Waals surface area (Å²) >= 11 is 0. The average molecular weight is 378 g/mol. The molecular weight excluding hydrogens is 352 g/mol. The minimum atomic E-state index is 0.154. The predicted molar refractivity (Wildman–Crippen MR) is 112 cm³/mol. The summed E-state index contributed by atoms with van der Waals surface area (Å²) in [6.45, 7) is 5.18. The van der Waals surface area contributed by atoms with Crippen molar-refractivity contribution in [3.63, 3.8) is 0 Å². The zero-order valence-electron chi connectivity index (χ0n) is 16.5. The Morgan fingerprint density at radius 2 is 1.68 bits per heavy atom. The summed E-state index contributed by atoms with van der Waals surface area (Å²) in [6, 6.07) is 19.9. The van der Waals surface area contributed by atoms with Gasteiger partial charge >= 0.3 is 0 Å². The standard InChI is InChI=1S/C22H26N4O2/c1-16-15-21(25-17(2)18-7-5-4-6-8-18)26-22(24-16)23-13-14-28-20-11-9-19(27-3)10-12-20/h4-12,15,17H,13-14H2,1-3H3,(H2,23,24,25,26). The zero-order valence-corrected chi connectivity index (χ0v) is 16.5.